The van der Waals surface area contributed by atoms with Crippen LogP contribution in [0.25, 0.3) is 0 Å². The van der Waals surface area contributed by atoms with E-state index in [2.05, 4.69) is 21.9 Å². The van der Waals surface area contributed by atoms with E-state index >= 15 is 0 Å². The maximum absolute atomic E-state index is 11.7. The van der Waals surface area contributed by atoms with E-state index in [9.17, 15) is 4.79 Å². The van der Waals surface area contributed by atoms with Gasteiger partial charge in [-0.3, -0.25) is 4.79 Å². The third-order valence-corrected chi connectivity index (χ3v) is 2.88. The molecular weight excluding hydrogens is 234 g/mol. The minimum absolute atomic E-state index is 0.103. The molecule has 1 amide bonds. The van der Waals surface area contributed by atoms with Gasteiger partial charge in [-0.05, 0) is 37.5 Å². The summed E-state index contributed by atoms with van der Waals surface area (Å²) in [5, 5.41) is 5.99. The molecule has 0 aliphatic rings. The zero-order valence-corrected chi connectivity index (χ0v) is 11.1. The van der Waals surface area contributed by atoms with E-state index in [0.29, 0.717) is 12.2 Å². The van der Waals surface area contributed by atoms with Crippen LogP contribution in [0, 0.1) is 0 Å². The smallest absolute Gasteiger partial charge is 0.269 e. The Bertz CT molecular complexity index is 340. The van der Waals surface area contributed by atoms with Crippen LogP contribution >= 0.6 is 11.8 Å². The molecule has 1 aromatic heterocycles. The summed E-state index contributed by atoms with van der Waals surface area (Å²) in [6.45, 7) is 3.57. The molecule has 2 N–H and O–H groups in total. The number of rotatable bonds is 7. The fourth-order valence-corrected chi connectivity index (χ4v) is 1.78. The summed E-state index contributed by atoms with van der Waals surface area (Å²) in [5.41, 5.74) is 1.40. The molecule has 0 radical (unpaired) electrons. The molecule has 0 spiro atoms. The molecule has 0 aliphatic heterocycles. The zero-order valence-electron chi connectivity index (χ0n) is 10.3. The van der Waals surface area contributed by atoms with E-state index in [4.69, 9.17) is 0 Å². The number of nitrogens with one attached hydrogen (secondary N) is 2. The van der Waals surface area contributed by atoms with Gasteiger partial charge in [0.15, 0.2) is 0 Å². The predicted molar refractivity (Wildman–Crippen MR) is 73.7 cm³/mol. The van der Waals surface area contributed by atoms with Crippen molar-refractivity contribution >= 4 is 23.4 Å². The van der Waals surface area contributed by atoms with Crippen molar-refractivity contribution in [1.29, 1.82) is 0 Å². The zero-order chi connectivity index (χ0) is 12.5. The van der Waals surface area contributed by atoms with E-state index in [0.717, 1.165) is 24.4 Å². The number of aromatic nitrogens is 1. The molecule has 0 atom stereocenters. The van der Waals surface area contributed by atoms with Crippen molar-refractivity contribution in [2.45, 2.75) is 13.3 Å². The first-order chi connectivity index (χ1) is 8.27. The lowest BCUT2D eigenvalue weighted by Gasteiger charge is -2.05. The molecule has 0 saturated carbocycles. The summed E-state index contributed by atoms with van der Waals surface area (Å²) in [6, 6.07) is 3.61. The number of hydrogen-bond acceptors (Lipinski definition) is 4. The highest BCUT2D eigenvalue weighted by molar-refractivity contribution is 7.98. The molecule has 1 heterocycles. The van der Waals surface area contributed by atoms with Gasteiger partial charge in [-0.2, -0.15) is 11.8 Å². The highest BCUT2D eigenvalue weighted by Crippen LogP contribution is 2.05. The van der Waals surface area contributed by atoms with Gasteiger partial charge in [-0.25, -0.2) is 4.98 Å². The number of nitrogens with zero attached hydrogens (tertiary/aromatic N) is 1. The van der Waals surface area contributed by atoms with Crippen molar-refractivity contribution in [3.63, 3.8) is 0 Å². The molecule has 4 nitrogen and oxygen atoms in total. The third-order valence-electron chi connectivity index (χ3n) is 2.19. The van der Waals surface area contributed by atoms with Crippen molar-refractivity contribution in [3.05, 3.63) is 24.0 Å². The second-order valence-corrected chi connectivity index (χ2v) is 4.55. The molecule has 0 unspecified atom stereocenters. The Balaban J connectivity index is 2.40. The van der Waals surface area contributed by atoms with Gasteiger partial charge in [0.25, 0.3) is 5.91 Å². The van der Waals surface area contributed by atoms with Gasteiger partial charge in [0, 0.05) is 13.1 Å². The fourth-order valence-electron chi connectivity index (χ4n) is 1.35. The van der Waals surface area contributed by atoms with Crippen LogP contribution in [0.15, 0.2) is 18.3 Å². The van der Waals surface area contributed by atoms with Crippen LogP contribution in [-0.4, -0.2) is 36.0 Å². The highest BCUT2D eigenvalue weighted by Gasteiger charge is 2.05. The Hall–Kier alpha value is -1.23. The van der Waals surface area contributed by atoms with Crippen molar-refractivity contribution in [2.75, 3.05) is 30.4 Å². The number of hydrogen-bond donors (Lipinski definition) is 2. The van der Waals surface area contributed by atoms with Gasteiger partial charge in [0.05, 0.1) is 11.9 Å². The molecule has 0 aliphatic carbocycles. The Morgan fingerprint density at radius 2 is 2.29 bits per heavy atom. The van der Waals surface area contributed by atoms with Crippen LogP contribution in [0.1, 0.15) is 23.8 Å². The first kappa shape index (κ1) is 13.8. The molecule has 1 rings (SSSR count). The minimum Gasteiger partial charge on any atom is -0.384 e. The van der Waals surface area contributed by atoms with Crippen molar-refractivity contribution in [2.24, 2.45) is 0 Å². The van der Waals surface area contributed by atoms with Crippen LogP contribution in [0.5, 0.6) is 0 Å². The average molecular weight is 253 g/mol. The van der Waals surface area contributed by atoms with Crippen LogP contribution in [0.3, 0.4) is 0 Å². The number of anilines is 1. The highest BCUT2D eigenvalue weighted by atomic mass is 32.2. The van der Waals surface area contributed by atoms with E-state index in [1.54, 1.807) is 24.0 Å². The second kappa shape index (κ2) is 7.95. The number of pyridine rings is 1. The summed E-state index contributed by atoms with van der Waals surface area (Å²) in [5.74, 6) is 0.960. The van der Waals surface area contributed by atoms with E-state index < -0.39 is 0 Å². The molecule has 94 valence electrons. The summed E-state index contributed by atoms with van der Waals surface area (Å²) in [4.78, 5) is 15.8. The Labute approximate surface area is 107 Å². The normalized spacial score (nSPS) is 10.0. The fraction of sp³-hybridized carbons (Fsp3) is 0.500. The molecule has 5 heteroatoms. The SMILES string of the molecule is CCNc1ccc(C(=O)NCCCSC)nc1. The summed E-state index contributed by atoms with van der Waals surface area (Å²) in [7, 11) is 0. The minimum atomic E-state index is -0.103. The van der Waals surface area contributed by atoms with E-state index in [1.807, 2.05) is 13.0 Å². The van der Waals surface area contributed by atoms with Gasteiger partial charge in [-0.15, -0.1) is 0 Å². The molecule has 0 fully saturated rings. The molecule has 0 saturated heterocycles. The van der Waals surface area contributed by atoms with Crippen molar-refractivity contribution in [3.8, 4) is 0 Å². The summed E-state index contributed by atoms with van der Waals surface area (Å²) in [6.07, 6.45) is 4.73. The van der Waals surface area contributed by atoms with Gasteiger partial charge in [0.1, 0.15) is 5.69 Å². The second-order valence-electron chi connectivity index (χ2n) is 3.56. The third kappa shape index (κ3) is 5.08. The first-order valence-corrected chi connectivity index (χ1v) is 7.14. The maximum Gasteiger partial charge on any atom is 0.269 e. The lowest BCUT2D eigenvalue weighted by molar-refractivity contribution is 0.0949. The van der Waals surface area contributed by atoms with Gasteiger partial charge < -0.3 is 10.6 Å². The van der Waals surface area contributed by atoms with Gasteiger partial charge in [-0.1, -0.05) is 0 Å². The van der Waals surface area contributed by atoms with Crippen LogP contribution in [0.2, 0.25) is 0 Å². The monoisotopic (exact) mass is 253 g/mol. The van der Waals surface area contributed by atoms with Gasteiger partial charge >= 0.3 is 0 Å². The Morgan fingerprint density at radius 3 is 2.88 bits per heavy atom. The molecule has 17 heavy (non-hydrogen) atoms. The Kier molecular flexibility index (Phi) is 6.47. The standard InChI is InChI=1S/C12H19N3OS/c1-3-13-10-5-6-11(15-9-10)12(16)14-7-4-8-17-2/h5-6,9,13H,3-4,7-8H2,1-2H3,(H,14,16). The number of carbonyl (C=O) groups is 1. The predicted octanol–water partition coefficient (Wildman–Crippen LogP) is 2.00. The van der Waals surface area contributed by atoms with Crippen LogP contribution < -0.4 is 10.6 Å². The van der Waals surface area contributed by atoms with Crippen molar-refractivity contribution in [1.82, 2.24) is 10.3 Å². The lowest BCUT2D eigenvalue weighted by Crippen LogP contribution is -2.25. The number of carbonyl (C=O) groups excluding carboxylic acids is 1. The number of thioether (sulfide) groups is 1. The van der Waals surface area contributed by atoms with Crippen molar-refractivity contribution < 1.29 is 4.79 Å². The summed E-state index contributed by atoms with van der Waals surface area (Å²) >= 11 is 1.78. The van der Waals surface area contributed by atoms with Crippen LogP contribution in [0.4, 0.5) is 5.69 Å². The molecule has 1 aromatic rings. The summed E-state index contributed by atoms with van der Waals surface area (Å²) < 4.78 is 0. The first-order valence-electron chi connectivity index (χ1n) is 5.75. The molecule has 0 aromatic carbocycles. The van der Waals surface area contributed by atoms with E-state index in [1.165, 1.54) is 0 Å². The quantitative estimate of drug-likeness (QED) is 0.730. The topological polar surface area (TPSA) is 54.0 Å². The Morgan fingerprint density at radius 1 is 1.47 bits per heavy atom. The van der Waals surface area contributed by atoms with Gasteiger partial charge in [0.2, 0.25) is 0 Å². The average Bonchev–Trinajstić information content (AvgIpc) is 2.36. The molecular formula is C12H19N3OS. The lowest BCUT2D eigenvalue weighted by atomic mass is 10.3. The van der Waals surface area contributed by atoms with Crippen LogP contribution in [-0.2, 0) is 0 Å². The maximum atomic E-state index is 11.7. The molecule has 0 bridgehead atoms. The number of amides is 1. The van der Waals surface area contributed by atoms with E-state index in [-0.39, 0.29) is 5.91 Å². The largest absolute Gasteiger partial charge is 0.384 e.